The van der Waals surface area contributed by atoms with Crippen LogP contribution in [-0.4, -0.2) is 32.7 Å². The predicted molar refractivity (Wildman–Crippen MR) is 112 cm³/mol. The minimum Gasteiger partial charge on any atom is -0.272 e. The third-order valence-electron chi connectivity index (χ3n) is 5.53. The number of fused-ring (bicyclic) bond motifs is 1. The third-order valence-corrected chi connectivity index (χ3v) is 5.78. The number of hydrazine groups is 1. The van der Waals surface area contributed by atoms with Crippen molar-refractivity contribution in [3.05, 3.63) is 86.9 Å². The summed E-state index contributed by atoms with van der Waals surface area (Å²) in [6.45, 7) is -0.0304. The van der Waals surface area contributed by atoms with E-state index in [0.29, 0.717) is 23.4 Å². The summed E-state index contributed by atoms with van der Waals surface area (Å²) in [5, 5.41) is 13.5. The molecule has 1 aliphatic heterocycles. The molecule has 2 aromatic rings. The number of halogens is 1. The highest BCUT2D eigenvalue weighted by atomic mass is 35.5. The highest BCUT2D eigenvalue weighted by molar-refractivity contribution is 6.30. The molecule has 0 radical (unpaired) electrons. The lowest BCUT2D eigenvalue weighted by Gasteiger charge is -2.30. The van der Waals surface area contributed by atoms with Gasteiger partial charge in [0.2, 0.25) is 0 Å². The summed E-state index contributed by atoms with van der Waals surface area (Å²) in [5.74, 6) is -2.41. The van der Waals surface area contributed by atoms with E-state index < -0.39 is 34.5 Å². The molecule has 0 aromatic heterocycles. The Morgan fingerprint density at radius 3 is 2.06 bits per heavy atom. The lowest BCUT2D eigenvalue weighted by atomic mass is 9.85. The van der Waals surface area contributed by atoms with Gasteiger partial charge in [-0.05, 0) is 42.7 Å². The van der Waals surface area contributed by atoms with Crippen molar-refractivity contribution in [2.75, 3.05) is 0 Å². The van der Waals surface area contributed by atoms with Crippen molar-refractivity contribution in [2.24, 2.45) is 11.8 Å². The number of non-ortho nitro benzene ring substituents is 1. The van der Waals surface area contributed by atoms with Gasteiger partial charge in [0.15, 0.2) is 0 Å². The van der Waals surface area contributed by atoms with Crippen molar-refractivity contribution in [2.45, 2.75) is 19.4 Å². The van der Waals surface area contributed by atoms with Crippen LogP contribution in [-0.2, 0) is 16.1 Å². The van der Waals surface area contributed by atoms with Gasteiger partial charge in [-0.3, -0.25) is 24.5 Å². The molecule has 0 unspecified atom stereocenters. The summed E-state index contributed by atoms with van der Waals surface area (Å²) in [6.07, 6.45) is 4.65. The maximum atomic E-state index is 13.3. The fourth-order valence-corrected chi connectivity index (χ4v) is 4.02. The molecular weight excluding hydrogens is 422 g/mol. The molecule has 4 rings (SSSR count). The number of imide groups is 1. The van der Waals surface area contributed by atoms with Crippen molar-refractivity contribution in [3.8, 4) is 0 Å². The molecule has 2 aromatic carbocycles. The van der Waals surface area contributed by atoms with E-state index in [-0.39, 0.29) is 17.8 Å². The van der Waals surface area contributed by atoms with Gasteiger partial charge in [-0.25, -0.2) is 5.01 Å². The number of rotatable bonds is 5. The Morgan fingerprint density at radius 2 is 1.55 bits per heavy atom. The van der Waals surface area contributed by atoms with E-state index >= 15 is 0 Å². The first-order valence-electron chi connectivity index (χ1n) is 9.70. The van der Waals surface area contributed by atoms with Gasteiger partial charge in [0.1, 0.15) is 0 Å². The van der Waals surface area contributed by atoms with Crippen molar-refractivity contribution >= 4 is 35.0 Å². The molecule has 0 saturated carbocycles. The highest BCUT2D eigenvalue weighted by Crippen LogP contribution is 2.36. The quantitative estimate of drug-likeness (QED) is 0.305. The molecule has 0 spiro atoms. The van der Waals surface area contributed by atoms with Crippen LogP contribution in [0.25, 0.3) is 0 Å². The Morgan fingerprint density at radius 1 is 1.00 bits per heavy atom. The Balaban J connectivity index is 1.69. The van der Waals surface area contributed by atoms with Crippen LogP contribution in [0.3, 0.4) is 0 Å². The van der Waals surface area contributed by atoms with Crippen LogP contribution in [0.5, 0.6) is 0 Å². The second-order valence-corrected chi connectivity index (χ2v) is 7.87. The molecule has 8 nitrogen and oxygen atoms in total. The zero-order valence-electron chi connectivity index (χ0n) is 16.3. The molecule has 1 saturated heterocycles. The minimum atomic E-state index is -0.599. The summed E-state index contributed by atoms with van der Waals surface area (Å²) in [7, 11) is 0. The number of allylic oxidation sites excluding steroid dienone is 2. The van der Waals surface area contributed by atoms with E-state index in [1.165, 1.54) is 24.3 Å². The number of nitro groups is 1. The number of carbonyl (C=O) groups excluding carboxylic acids is 3. The van der Waals surface area contributed by atoms with Gasteiger partial charge in [-0.2, -0.15) is 5.01 Å². The monoisotopic (exact) mass is 439 g/mol. The van der Waals surface area contributed by atoms with Crippen LogP contribution in [0.4, 0.5) is 5.69 Å². The molecule has 158 valence electrons. The van der Waals surface area contributed by atoms with E-state index in [4.69, 9.17) is 11.6 Å². The standard InChI is InChI=1S/C22H18ClN3O5/c23-16-9-5-14(6-10-16)13-24(20(27)15-7-11-17(12-8-15)26(30)31)25-21(28)18-3-1-2-4-19(18)22(25)29/h1-2,5-12,18-19H,3-4,13H2/t18-,19-/m0/s1. The summed E-state index contributed by atoms with van der Waals surface area (Å²) in [5.41, 5.74) is 0.646. The summed E-state index contributed by atoms with van der Waals surface area (Å²) >= 11 is 5.94. The molecule has 0 N–H and O–H groups in total. The largest absolute Gasteiger partial charge is 0.273 e. The van der Waals surface area contributed by atoms with Gasteiger partial charge < -0.3 is 0 Å². The van der Waals surface area contributed by atoms with Crippen LogP contribution < -0.4 is 0 Å². The summed E-state index contributed by atoms with van der Waals surface area (Å²) < 4.78 is 0. The second kappa shape index (κ2) is 8.31. The molecule has 1 heterocycles. The topological polar surface area (TPSA) is 101 Å². The minimum absolute atomic E-state index is 0.0304. The molecular formula is C22H18ClN3O5. The summed E-state index contributed by atoms with van der Waals surface area (Å²) in [6, 6.07) is 11.8. The lowest BCUT2D eigenvalue weighted by Crippen LogP contribution is -2.49. The second-order valence-electron chi connectivity index (χ2n) is 7.44. The van der Waals surface area contributed by atoms with Gasteiger partial charge in [0.25, 0.3) is 23.4 Å². The third kappa shape index (κ3) is 3.94. The van der Waals surface area contributed by atoms with Crippen LogP contribution >= 0.6 is 11.6 Å². The first-order chi connectivity index (χ1) is 14.9. The molecule has 2 aliphatic rings. The maximum Gasteiger partial charge on any atom is 0.273 e. The number of nitrogens with zero attached hydrogens (tertiary/aromatic N) is 3. The molecule has 31 heavy (non-hydrogen) atoms. The maximum absolute atomic E-state index is 13.3. The van der Waals surface area contributed by atoms with Gasteiger partial charge in [-0.15, -0.1) is 0 Å². The molecule has 3 amide bonds. The zero-order chi connectivity index (χ0) is 22.1. The fraction of sp³-hybridized carbons (Fsp3) is 0.227. The van der Waals surface area contributed by atoms with Gasteiger partial charge in [0.05, 0.1) is 23.3 Å². The van der Waals surface area contributed by atoms with Crippen LogP contribution in [0.1, 0.15) is 28.8 Å². The molecule has 2 atom stereocenters. The predicted octanol–water partition coefficient (Wildman–Crippen LogP) is 3.76. The van der Waals surface area contributed by atoms with Crippen molar-refractivity contribution in [1.82, 2.24) is 10.0 Å². The molecule has 0 bridgehead atoms. The number of amides is 3. The van der Waals surface area contributed by atoms with Gasteiger partial charge >= 0.3 is 0 Å². The van der Waals surface area contributed by atoms with Crippen molar-refractivity contribution < 1.29 is 19.3 Å². The lowest BCUT2D eigenvalue weighted by molar-refractivity contribution is -0.384. The first-order valence-corrected chi connectivity index (χ1v) is 10.1. The Kier molecular flexibility index (Phi) is 5.56. The van der Waals surface area contributed by atoms with Crippen LogP contribution in [0.2, 0.25) is 5.02 Å². The van der Waals surface area contributed by atoms with E-state index in [0.717, 1.165) is 10.0 Å². The van der Waals surface area contributed by atoms with Crippen molar-refractivity contribution in [3.63, 3.8) is 0 Å². The van der Waals surface area contributed by atoms with Crippen LogP contribution in [0, 0.1) is 22.0 Å². The number of nitro benzene ring substituents is 1. The first kappa shape index (κ1) is 20.7. The van der Waals surface area contributed by atoms with E-state index in [1.54, 1.807) is 24.3 Å². The average molecular weight is 440 g/mol. The fourth-order valence-electron chi connectivity index (χ4n) is 3.89. The summed E-state index contributed by atoms with van der Waals surface area (Å²) in [4.78, 5) is 49.9. The Hall–Kier alpha value is -3.52. The smallest absolute Gasteiger partial charge is 0.272 e. The van der Waals surface area contributed by atoms with E-state index in [2.05, 4.69) is 0 Å². The van der Waals surface area contributed by atoms with Gasteiger partial charge in [0, 0.05) is 22.7 Å². The molecule has 1 aliphatic carbocycles. The Labute approximate surface area is 182 Å². The van der Waals surface area contributed by atoms with Gasteiger partial charge in [-0.1, -0.05) is 35.9 Å². The highest BCUT2D eigenvalue weighted by Gasteiger charge is 2.50. The molecule has 1 fully saturated rings. The van der Waals surface area contributed by atoms with E-state index in [9.17, 15) is 24.5 Å². The molecule has 9 heteroatoms. The average Bonchev–Trinajstić information content (AvgIpc) is 3.03. The normalized spacial score (nSPS) is 20.0. The van der Waals surface area contributed by atoms with Crippen molar-refractivity contribution in [1.29, 1.82) is 0 Å². The van der Waals surface area contributed by atoms with Crippen LogP contribution in [0.15, 0.2) is 60.7 Å². The number of carbonyl (C=O) groups is 3. The SMILES string of the molecule is O=C(c1ccc([N+](=O)[O-])cc1)N(Cc1ccc(Cl)cc1)N1C(=O)[C@H]2CC=CC[C@@H]2C1=O. The number of hydrogen-bond donors (Lipinski definition) is 0. The van der Waals surface area contributed by atoms with E-state index in [1.807, 2.05) is 12.2 Å². The number of benzene rings is 2. The number of hydrogen-bond acceptors (Lipinski definition) is 5. The Bertz CT molecular complexity index is 1060. The zero-order valence-corrected chi connectivity index (χ0v) is 17.1.